The Morgan fingerprint density at radius 3 is 2.38 bits per heavy atom. The Morgan fingerprint density at radius 1 is 0.938 bits per heavy atom. The summed E-state index contributed by atoms with van der Waals surface area (Å²) in [6.07, 6.45) is 4.17. The molecule has 3 nitrogen and oxygen atoms in total. The molecule has 3 aromatic carbocycles. The molecule has 0 atom stereocenters. The van der Waals surface area contributed by atoms with E-state index in [4.69, 9.17) is 32.7 Å². The first-order valence-corrected chi connectivity index (χ1v) is 11.2. The number of ether oxygens (including phenoxy) is 2. The maximum atomic E-state index is 6.50. The van der Waals surface area contributed by atoms with Crippen molar-refractivity contribution in [1.29, 1.82) is 0 Å². The van der Waals surface area contributed by atoms with E-state index in [0.717, 1.165) is 45.0 Å². The summed E-state index contributed by atoms with van der Waals surface area (Å²) >= 11 is 13.0. The Labute approximate surface area is 198 Å². The lowest BCUT2D eigenvalue weighted by Crippen LogP contribution is -2.32. The smallest absolute Gasteiger partial charge is 0.139 e. The van der Waals surface area contributed by atoms with Crippen LogP contribution in [0.25, 0.3) is 28.5 Å². The number of rotatable bonds is 2. The third-order valence-corrected chi connectivity index (χ3v) is 6.51. The minimum atomic E-state index is -0.146. The van der Waals surface area contributed by atoms with Crippen LogP contribution < -0.4 is 14.8 Å². The highest BCUT2D eigenvalue weighted by Gasteiger charge is 2.32. The second kappa shape index (κ2) is 7.61. The molecule has 5 heteroatoms. The SMILES string of the molecule is COc1cccc2c1-c1ccc3c(c1/C(=C/c1c(Cl)cccc1Cl)O2)C(C)=CC(C)(C)N3. The fourth-order valence-electron chi connectivity index (χ4n) is 4.66. The van der Waals surface area contributed by atoms with Crippen molar-refractivity contribution in [3.05, 3.63) is 81.3 Å². The van der Waals surface area contributed by atoms with E-state index in [1.807, 2.05) is 42.5 Å². The van der Waals surface area contributed by atoms with Gasteiger partial charge in [0.2, 0.25) is 0 Å². The van der Waals surface area contributed by atoms with Gasteiger partial charge in [0.05, 0.1) is 18.2 Å². The second-order valence-corrected chi connectivity index (χ2v) is 9.48. The number of allylic oxidation sites excluding steroid dienone is 1. The van der Waals surface area contributed by atoms with Gasteiger partial charge >= 0.3 is 0 Å². The van der Waals surface area contributed by atoms with Crippen molar-refractivity contribution in [3.8, 4) is 22.6 Å². The predicted molar refractivity (Wildman–Crippen MR) is 135 cm³/mol. The third kappa shape index (κ3) is 3.37. The molecule has 0 spiro atoms. The molecule has 2 heterocycles. The Morgan fingerprint density at radius 2 is 1.66 bits per heavy atom. The Hall–Kier alpha value is -2.88. The van der Waals surface area contributed by atoms with Crippen LogP contribution >= 0.6 is 23.2 Å². The standard InChI is InChI=1S/C27H23Cl2NO2/c1-15-14-27(2,3)30-20-12-11-16-25-21(31-4)9-6-10-22(25)32-23(26(16)24(15)20)13-17-18(28)7-5-8-19(17)29/h5-14,30H,1-4H3/b23-13-. The summed E-state index contributed by atoms with van der Waals surface area (Å²) in [5.74, 6) is 2.20. The van der Waals surface area contributed by atoms with Gasteiger partial charge in [-0.1, -0.05) is 47.5 Å². The van der Waals surface area contributed by atoms with E-state index in [0.29, 0.717) is 15.8 Å². The van der Waals surface area contributed by atoms with Crippen LogP contribution in [0.4, 0.5) is 5.69 Å². The van der Waals surface area contributed by atoms with Gasteiger partial charge in [0, 0.05) is 38.0 Å². The summed E-state index contributed by atoms with van der Waals surface area (Å²) in [6, 6.07) is 15.6. The zero-order chi connectivity index (χ0) is 22.6. The average molecular weight is 464 g/mol. The first-order valence-electron chi connectivity index (χ1n) is 10.5. The van der Waals surface area contributed by atoms with Crippen LogP contribution in [-0.4, -0.2) is 12.6 Å². The summed E-state index contributed by atoms with van der Waals surface area (Å²) in [7, 11) is 1.68. The van der Waals surface area contributed by atoms with Crippen molar-refractivity contribution in [1.82, 2.24) is 0 Å². The number of nitrogens with one attached hydrogen (secondary N) is 1. The van der Waals surface area contributed by atoms with Crippen LogP contribution in [0.2, 0.25) is 10.0 Å². The van der Waals surface area contributed by atoms with Crippen molar-refractivity contribution in [2.75, 3.05) is 12.4 Å². The number of hydrogen-bond acceptors (Lipinski definition) is 3. The van der Waals surface area contributed by atoms with Crippen LogP contribution in [0.5, 0.6) is 11.5 Å². The van der Waals surface area contributed by atoms with Crippen molar-refractivity contribution in [2.45, 2.75) is 26.3 Å². The maximum absolute atomic E-state index is 6.50. The molecule has 0 bridgehead atoms. The first kappa shape index (κ1) is 21.0. The van der Waals surface area contributed by atoms with E-state index in [9.17, 15) is 0 Å². The number of hydrogen-bond donors (Lipinski definition) is 1. The van der Waals surface area contributed by atoms with Crippen molar-refractivity contribution in [3.63, 3.8) is 0 Å². The van der Waals surface area contributed by atoms with Crippen LogP contribution in [0.3, 0.4) is 0 Å². The zero-order valence-corrected chi connectivity index (χ0v) is 19.9. The van der Waals surface area contributed by atoms with Gasteiger partial charge in [0.1, 0.15) is 17.3 Å². The molecule has 0 saturated carbocycles. The molecule has 5 rings (SSSR count). The highest BCUT2D eigenvalue weighted by atomic mass is 35.5. The zero-order valence-electron chi connectivity index (χ0n) is 18.3. The van der Waals surface area contributed by atoms with Crippen molar-refractivity contribution >= 4 is 46.3 Å². The minimum absolute atomic E-state index is 0.146. The van der Waals surface area contributed by atoms with Gasteiger partial charge in [-0.15, -0.1) is 0 Å². The van der Waals surface area contributed by atoms with Gasteiger partial charge in [0.15, 0.2) is 0 Å². The minimum Gasteiger partial charge on any atom is -0.496 e. The summed E-state index contributed by atoms with van der Waals surface area (Å²) in [4.78, 5) is 0. The molecule has 1 N–H and O–H groups in total. The number of methoxy groups -OCH3 is 1. The molecule has 0 fully saturated rings. The number of halogens is 2. The fourth-order valence-corrected chi connectivity index (χ4v) is 5.17. The average Bonchev–Trinajstić information content (AvgIpc) is 2.74. The summed E-state index contributed by atoms with van der Waals surface area (Å²) in [5, 5.41) is 4.78. The molecule has 0 unspecified atom stereocenters. The van der Waals surface area contributed by atoms with Gasteiger partial charge < -0.3 is 14.8 Å². The van der Waals surface area contributed by atoms with Gasteiger partial charge in [0.25, 0.3) is 0 Å². The van der Waals surface area contributed by atoms with Gasteiger partial charge in [-0.05, 0) is 62.8 Å². The molecule has 32 heavy (non-hydrogen) atoms. The van der Waals surface area contributed by atoms with Gasteiger partial charge in [-0.3, -0.25) is 0 Å². The summed E-state index contributed by atoms with van der Waals surface area (Å²) in [5.41, 5.74) is 6.91. The van der Waals surface area contributed by atoms with Crippen LogP contribution in [0, 0.1) is 0 Å². The molecule has 0 saturated heterocycles. The largest absolute Gasteiger partial charge is 0.496 e. The molecule has 3 aromatic rings. The quantitative estimate of drug-likeness (QED) is 0.415. The van der Waals surface area contributed by atoms with E-state index in [1.54, 1.807) is 7.11 Å². The van der Waals surface area contributed by atoms with E-state index < -0.39 is 0 Å². The molecule has 162 valence electrons. The Bertz CT molecular complexity index is 1300. The summed E-state index contributed by atoms with van der Waals surface area (Å²) in [6.45, 7) is 6.46. The monoisotopic (exact) mass is 463 g/mol. The van der Waals surface area contributed by atoms with Crippen LogP contribution in [0.15, 0.2) is 54.6 Å². The lowest BCUT2D eigenvalue weighted by atomic mass is 9.83. The molecular formula is C27H23Cl2NO2. The van der Waals surface area contributed by atoms with E-state index in [2.05, 4.69) is 44.3 Å². The van der Waals surface area contributed by atoms with Gasteiger partial charge in [-0.2, -0.15) is 0 Å². The number of fused-ring (bicyclic) bond motifs is 5. The highest BCUT2D eigenvalue weighted by Crippen LogP contribution is 2.52. The maximum Gasteiger partial charge on any atom is 0.139 e. The predicted octanol–water partition coefficient (Wildman–Crippen LogP) is 8.17. The van der Waals surface area contributed by atoms with Gasteiger partial charge in [-0.25, -0.2) is 0 Å². The lowest BCUT2D eigenvalue weighted by molar-refractivity contribution is 0.412. The van der Waals surface area contributed by atoms with Crippen molar-refractivity contribution < 1.29 is 9.47 Å². The molecule has 0 aliphatic carbocycles. The third-order valence-electron chi connectivity index (χ3n) is 5.85. The molecule has 0 amide bonds. The first-order chi connectivity index (χ1) is 15.3. The highest BCUT2D eigenvalue weighted by molar-refractivity contribution is 6.37. The fraction of sp³-hybridized carbons (Fsp3) is 0.185. The normalized spacial score (nSPS) is 16.8. The lowest BCUT2D eigenvalue weighted by Gasteiger charge is -2.35. The molecule has 0 radical (unpaired) electrons. The van der Waals surface area contributed by atoms with Crippen LogP contribution in [0.1, 0.15) is 37.5 Å². The number of benzene rings is 3. The van der Waals surface area contributed by atoms with Crippen molar-refractivity contribution in [2.24, 2.45) is 0 Å². The Kier molecular flexibility index (Phi) is 4.99. The second-order valence-electron chi connectivity index (χ2n) is 8.66. The molecule has 0 aromatic heterocycles. The topological polar surface area (TPSA) is 30.5 Å². The molecule has 2 aliphatic heterocycles. The van der Waals surface area contributed by atoms with E-state index in [1.165, 1.54) is 5.57 Å². The number of anilines is 1. The molecular weight excluding hydrogens is 441 g/mol. The molecule has 2 aliphatic rings. The van der Waals surface area contributed by atoms with E-state index >= 15 is 0 Å². The summed E-state index contributed by atoms with van der Waals surface area (Å²) < 4.78 is 12.2. The Balaban J connectivity index is 1.85. The van der Waals surface area contributed by atoms with Crippen LogP contribution in [-0.2, 0) is 0 Å². The van der Waals surface area contributed by atoms with E-state index in [-0.39, 0.29) is 5.54 Å².